The number of nitrogens with zero attached hydrogens (tertiary/aromatic N) is 3. The molecular weight excluding hydrogens is 362 g/mol. The second kappa shape index (κ2) is 8.11. The van der Waals surface area contributed by atoms with Crippen LogP contribution in [0, 0.1) is 11.3 Å². The standard InChI is InChI=1S/C23H21N5O/c24-16-23(10-2-11-23)18-4-6-19(7-5-18)28-22(29)20-3-1-12-26-21(20)27-15-17-8-13-25-14-9-17/h1,3-9,12-14H,2,10-11,15H2,(H,26,27)(H,28,29). The summed E-state index contributed by atoms with van der Waals surface area (Å²) in [4.78, 5) is 21.1. The van der Waals surface area contributed by atoms with Crippen molar-refractivity contribution < 1.29 is 4.79 Å². The van der Waals surface area contributed by atoms with Gasteiger partial charge in [0.2, 0.25) is 0 Å². The maximum Gasteiger partial charge on any atom is 0.259 e. The number of anilines is 2. The van der Waals surface area contributed by atoms with Gasteiger partial charge in [-0.15, -0.1) is 0 Å². The van der Waals surface area contributed by atoms with Gasteiger partial charge in [-0.2, -0.15) is 5.26 Å². The second-order valence-corrected chi connectivity index (χ2v) is 7.19. The summed E-state index contributed by atoms with van der Waals surface area (Å²) < 4.78 is 0. The first kappa shape index (κ1) is 18.6. The molecule has 1 fully saturated rings. The van der Waals surface area contributed by atoms with Crippen LogP contribution in [-0.2, 0) is 12.0 Å². The fourth-order valence-electron chi connectivity index (χ4n) is 3.48. The molecule has 144 valence electrons. The van der Waals surface area contributed by atoms with Crippen LogP contribution in [0.1, 0.15) is 40.7 Å². The Morgan fingerprint density at radius 3 is 2.48 bits per heavy atom. The average molecular weight is 383 g/mol. The molecule has 1 aliphatic carbocycles. The Kier molecular flexibility index (Phi) is 5.21. The molecule has 0 unspecified atom stereocenters. The van der Waals surface area contributed by atoms with Crippen molar-refractivity contribution in [3.8, 4) is 6.07 Å². The predicted molar refractivity (Wildman–Crippen MR) is 111 cm³/mol. The zero-order valence-corrected chi connectivity index (χ0v) is 15.9. The van der Waals surface area contributed by atoms with Crippen LogP contribution in [0.5, 0.6) is 0 Å². The van der Waals surface area contributed by atoms with E-state index in [0.717, 1.165) is 30.4 Å². The lowest BCUT2D eigenvalue weighted by molar-refractivity contribution is 0.102. The number of hydrogen-bond donors (Lipinski definition) is 2. The summed E-state index contributed by atoms with van der Waals surface area (Å²) in [5, 5.41) is 15.6. The summed E-state index contributed by atoms with van der Waals surface area (Å²) in [6, 6.07) is 17.3. The number of nitrogens with one attached hydrogen (secondary N) is 2. The lowest BCUT2D eigenvalue weighted by atomic mass is 9.65. The summed E-state index contributed by atoms with van der Waals surface area (Å²) in [7, 11) is 0. The average Bonchev–Trinajstić information content (AvgIpc) is 2.74. The highest BCUT2D eigenvalue weighted by Gasteiger charge is 2.38. The van der Waals surface area contributed by atoms with Gasteiger partial charge in [0, 0.05) is 30.8 Å². The van der Waals surface area contributed by atoms with Crippen LogP contribution in [0.3, 0.4) is 0 Å². The molecule has 6 heteroatoms. The number of benzene rings is 1. The molecule has 1 aliphatic rings. The van der Waals surface area contributed by atoms with Gasteiger partial charge in [-0.25, -0.2) is 4.98 Å². The third-order valence-corrected chi connectivity index (χ3v) is 5.38. The number of amides is 1. The number of pyridine rings is 2. The van der Waals surface area contributed by atoms with Crippen molar-refractivity contribution >= 4 is 17.4 Å². The van der Waals surface area contributed by atoms with E-state index in [9.17, 15) is 10.1 Å². The first-order valence-corrected chi connectivity index (χ1v) is 9.61. The summed E-state index contributed by atoms with van der Waals surface area (Å²) >= 11 is 0. The Morgan fingerprint density at radius 2 is 1.83 bits per heavy atom. The van der Waals surface area contributed by atoms with Crippen LogP contribution in [0.4, 0.5) is 11.5 Å². The molecule has 0 saturated heterocycles. The van der Waals surface area contributed by atoms with Crippen LogP contribution >= 0.6 is 0 Å². The van der Waals surface area contributed by atoms with E-state index in [2.05, 4.69) is 26.7 Å². The number of nitriles is 1. The first-order chi connectivity index (χ1) is 14.2. The zero-order valence-electron chi connectivity index (χ0n) is 15.9. The van der Waals surface area contributed by atoms with Crippen molar-refractivity contribution in [2.75, 3.05) is 10.6 Å². The predicted octanol–water partition coefficient (Wildman–Crippen LogP) is 4.29. The fourth-order valence-corrected chi connectivity index (χ4v) is 3.48. The van der Waals surface area contributed by atoms with Gasteiger partial charge in [0.1, 0.15) is 5.82 Å². The maximum atomic E-state index is 12.8. The molecule has 4 rings (SSSR count). The van der Waals surface area contributed by atoms with Gasteiger partial charge in [0.05, 0.1) is 17.0 Å². The number of carbonyl (C=O) groups is 1. The van der Waals surface area contributed by atoms with Gasteiger partial charge >= 0.3 is 0 Å². The fraction of sp³-hybridized carbons (Fsp3) is 0.217. The minimum atomic E-state index is -0.351. The SMILES string of the molecule is N#CC1(c2ccc(NC(=O)c3cccnc3NCc3ccncc3)cc2)CCC1. The zero-order chi connectivity index (χ0) is 20.1. The normalized spacial score (nSPS) is 14.3. The monoisotopic (exact) mass is 383 g/mol. The number of aromatic nitrogens is 2. The maximum absolute atomic E-state index is 12.8. The van der Waals surface area contributed by atoms with Crippen LogP contribution in [0.15, 0.2) is 67.1 Å². The highest BCUT2D eigenvalue weighted by molar-refractivity contribution is 6.07. The van der Waals surface area contributed by atoms with E-state index in [1.807, 2.05) is 36.4 Å². The third kappa shape index (κ3) is 3.94. The van der Waals surface area contributed by atoms with E-state index in [4.69, 9.17) is 0 Å². The molecule has 2 N–H and O–H groups in total. The molecule has 0 aliphatic heterocycles. The highest BCUT2D eigenvalue weighted by atomic mass is 16.1. The quantitative estimate of drug-likeness (QED) is 0.663. The highest BCUT2D eigenvalue weighted by Crippen LogP contribution is 2.43. The molecule has 0 radical (unpaired) electrons. The number of carbonyl (C=O) groups excluding carboxylic acids is 1. The Hall–Kier alpha value is -3.72. The summed E-state index contributed by atoms with van der Waals surface area (Å²) in [5.41, 5.74) is 2.88. The third-order valence-electron chi connectivity index (χ3n) is 5.38. The molecule has 2 heterocycles. The molecular formula is C23H21N5O. The Bertz CT molecular complexity index is 1040. The van der Waals surface area contributed by atoms with Gasteiger partial charge < -0.3 is 10.6 Å². The largest absolute Gasteiger partial charge is 0.365 e. The number of hydrogen-bond acceptors (Lipinski definition) is 5. The second-order valence-electron chi connectivity index (χ2n) is 7.19. The smallest absolute Gasteiger partial charge is 0.259 e. The van der Waals surface area contributed by atoms with Gasteiger partial charge in [-0.1, -0.05) is 12.1 Å². The van der Waals surface area contributed by atoms with Gasteiger partial charge in [-0.05, 0) is 66.8 Å². The Labute approximate surface area is 169 Å². The minimum absolute atomic E-state index is 0.235. The molecule has 0 atom stereocenters. The van der Waals surface area contributed by atoms with Crippen molar-refractivity contribution in [1.82, 2.24) is 9.97 Å². The van der Waals surface area contributed by atoms with Crippen molar-refractivity contribution in [2.24, 2.45) is 0 Å². The van der Waals surface area contributed by atoms with Crippen molar-refractivity contribution in [1.29, 1.82) is 5.26 Å². The van der Waals surface area contributed by atoms with E-state index in [0.29, 0.717) is 23.6 Å². The van der Waals surface area contributed by atoms with Crippen LogP contribution in [0.25, 0.3) is 0 Å². The van der Waals surface area contributed by atoms with E-state index < -0.39 is 0 Å². The van der Waals surface area contributed by atoms with E-state index in [1.54, 1.807) is 30.7 Å². The molecule has 1 aromatic carbocycles. The molecule has 0 spiro atoms. The van der Waals surface area contributed by atoms with Gasteiger partial charge in [-0.3, -0.25) is 9.78 Å². The van der Waals surface area contributed by atoms with Crippen LogP contribution < -0.4 is 10.6 Å². The molecule has 3 aromatic rings. The minimum Gasteiger partial charge on any atom is -0.365 e. The van der Waals surface area contributed by atoms with Crippen molar-refractivity contribution in [3.63, 3.8) is 0 Å². The summed E-state index contributed by atoms with van der Waals surface area (Å²) in [5.74, 6) is 0.290. The molecule has 1 amide bonds. The molecule has 0 bridgehead atoms. The van der Waals surface area contributed by atoms with Gasteiger partial charge in [0.25, 0.3) is 5.91 Å². The van der Waals surface area contributed by atoms with Gasteiger partial charge in [0.15, 0.2) is 0 Å². The Morgan fingerprint density at radius 1 is 1.07 bits per heavy atom. The molecule has 2 aromatic heterocycles. The molecule has 6 nitrogen and oxygen atoms in total. The molecule has 1 saturated carbocycles. The topological polar surface area (TPSA) is 90.7 Å². The van der Waals surface area contributed by atoms with Crippen molar-refractivity contribution in [2.45, 2.75) is 31.2 Å². The van der Waals surface area contributed by atoms with E-state index in [-0.39, 0.29) is 11.3 Å². The van der Waals surface area contributed by atoms with E-state index >= 15 is 0 Å². The van der Waals surface area contributed by atoms with Crippen molar-refractivity contribution in [3.05, 3.63) is 83.8 Å². The summed E-state index contributed by atoms with van der Waals surface area (Å²) in [6.07, 6.45) is 8.00. The lowest BCUT2D eigenvalue weighted by Crippen LogP contribution is -2.32. The lowest BCUT2D eigenvalue weighted by Gasteiger charge is -2.35. The van der Waals surface area contributed by atoms with Crippen LogP contribution in [-0.4, -0.2) is 15.9 Å². The number of rotatable bonds is 6. The molecule has 29 heavy (non-hydrogen) atoms. The van der Waals surface area contributed by atoms with Crippen LogP contribution in [0.2, 0.25) is 0 Å². The summed E-state index contributed by atoms with van der Waals surface area (Å²) in [6.45, 7) is 0.546. The first-order valence-electron chi connectivity index (χ1n) is 9.61. The Balaban J connectivity index is 1.45. The van der Waals surface area contributed by atoms with E-state index in [1.165, 1.54) is 0 Å².